The highest BCUT2D eigenvalue weighted by molar-refractivity contribution is 5.39. The summed E-state index contributed by atoms with van der Waals surface area (Å²) in [6.45, 7) is 8.86. The number of hydrogen-bond acceptors (Lipinski definition) is 4. The molecule has 2 aromatic rings. The molecule has 0 saturated heterocycles. The predicted molar refractivity (Wildman–Crippen MR) is 79.0 cm³/mol. The van der Waals surface area contributed by atoms with E-state index in [4.69, 9.17) is 9.26 Å². The van der Waals surface area contributed by atoms with Gasteiger partial charge in [-0.3, -0.25) is 0 Å². The lowest BCUT2D eigenvalue weighted by Crippen LogP contribution is -2.19. The van der Waals surface area contributed by atoms with E-state index in [9.17, 15) is 0 Å². The van der Waals surface area contributed by atoms with Gasteiger partial charge in [-0.1, -0.05) is 22.9 Å². The Labute approximate surface area is 120 Å². The smallest absolute Gasteiger partial charge is 0.138 e. The van der Waals surface area contributed by atoms with Gasteiger partial charge < -0.3 is 14.6 Å². The van der Waals surface area contributed by atoms with Crippen LogP contribution in [0.4, 0.5) is 0 Å². The van der Waals surface area contributed by atoms with Gasteiger partial charge in [0.2, 0.25) is 0 Å². The van der Waals surface area contributed by atoms with E-state index in [1.165, 1.54) is 11.1 Å². The fourth-order valence-corrected chi connectivity index (χ4v) is 2.31. The molecule has 0 aliphatic carbocycles. The van der Waals surface area contributed by atoms with Crippen molar-refractivity contribution in [1.82, 2.24) is 10.5 Å². The van der Waals surface area contributed by atoms with Crippen molar-refractivity contribution in [3.8, 4) is 5.75 Å². The molecule has 20 heavy (non-hydrogen) atoms. The standard InChI is InChI=1S/C16H22N2O2/c1-10-6-7-16(19-5)14(8-10)11(2)17-9-15-12(3)18-20-13(15)4/h6-8,11,17H,9H2,1-5H3. The van der Waals surface area contributed by atoms with Gasteiger partial charge in [0.15, 0.2) is 0 Å². The number of aryl methyl sites for hydroxylation is 3. The Balaban J connectivity index is 2.12. The summed E-state index contributed by atoms with van der Waals surface area (Å²) in [5.74, 6) is 1.78. The summed E-state index contributed by atoms with van der Waals surface area (Å²) >= 11 is 0. The Morgan fingerprint density at radius 2 is 2.05 bits per heavy atom. The van der Waals surface area contributed by atoms with Crippen LogP contribution < -0.4 is 10.1 Å². The van der Waals surface area contributed by atoms with Crippen LogP contribution in [-0.4, -0.2) is 12.3 Å². The first-order chi connectivity index (χ1) is 9.52. The molecule has 0 fully saturated rings. The third-order valence-electron chi connectivity index (χ3n) is 3.62. The summed E-state index contributed by atoms with van der Waals surface area (Å²) in [5.41, 5.74) is 4.47. The zero-order valence-corrected chi connectivity index (χ0v) is 12.8. The van der Waals surface area contributed by atoms with Crippen molar-refractivity contribution in [3.05, 3.63) is 46.3 Å². The summed E-state index contributed by atoms with van der Waals surface area (Å²) in [5, 5.41) is 7.48. The number of benzene rings is 1. The fraction of sp³-hybridized carbons (Fsp3) is 0.438. The molecule has 1 unspecified atom stereocenters. The van der Waals surface area contributed by atoms with E-state index in [2.05, 4.69) is 36.5 Å². The molecule has 1 aromatic heterocycles. The van der Waals surface area contributed by atoms with Gasteiger partial charge in [-0.15, -0.1) is 0 Å². The molecule has 108 valence electrons. The number of methoxy groups -OCH3 is 1. The maximum absolute atomic E-state index is 5.44. The summed E-state index contributed by atoms with van der Waals surface area (Å²) < 4.78 is 10.6. The van der Waals surface area contributed by atoms with E-state index in [0.29, 0.717) is 0 Å². The third-order valence-corrected chi connectivity index (χ3v) is 3.62. The Kier molecular flexibility index (Phi) is 4.45. The molecule has 2 rings (SSSR count). The van der Waals surface area contributed by atoms with Crippen LogP contribution in [-0.2, 0) is 6.54 Å². The van der Waals surface area contributed by atoms with Crippen LogP contribution in [0.1, 0.15) is 41.1 Å². The number of nitrogens with one attached hydrogen (secondary N) is 1. The minimum Gasteiger partial charge on any atom is -0.496 e. The first-order valence-corrected chi connectivity index (χ1v) is 6.82. The summed E-state index contributed by atoms with van der Waals surface area (Å²) in [4.78, 5) is 0. The van der Waals surface area contributed by atoms with E-state index in [-0.39, 0.29) is 6.04 Å². The van der Waals surface area contributed by atoms with E-state index in [0.717, 1.165) is 29.3 Å². The van der Waals surface area contributed by atoms with Gasteiger partial charge >= 0.3 is 0 Å². The highest BCUT2D eigenvalue weighted by Gasteiger charge is 2.14. The molecule has 4 heteroatoms. The van der Waals surface area contributed by atoms with Gasteiger partial charge in [0.1, 0.15) is 11.5 Å². The van der Waals surface area contributed by atoms with Crippen molar-refractivity contribution in [1.29, 1.82) is 0 Å². The second-order valence-electron chi connectivity index (χ2n) is 5.15. The molecule has 0 amide bonds. The Bertz CT molecular complexity index is 571. The second kappa shape index (κ2) is 6.09. The Morgan fingerprint density at radius 1 is 1.30 bits per heavy atom. The van der Waals surface area contributed by atoms with Crippen molar-refractivity contribution in [3.63, 3.8) is 0 Å². The molecule has 1 heterocycles. The Morgan fingerprint density at radius 3 is 2.65 bits per heavy atom. The topological polar surface area (TPSA) is 47.3 Å². The molecule has 0 aliphatic rings. The molecule has 1 N–H and O–H groups in total. The van der Waals surface area contributed by atoms with Crippen LogP contribution in [0, 0.1) is 20.8 Å². The van der Waals surface area contributed by atoms with Crippen LogP contribution >= 0.6 is 0 Å². The minimum absolute atomic E-state index is 0.193. The second-order valence-corrected chi connectivity index (χ2v) is 5.15. The van der Waals surface area contributed by atoms with E-state index in [1.54, 1.807) is 7.11 Å². The van der Waals surface area contributed by atoms with Crippen molar-refractivity contribution < 1.29 is 9.26 Å². The fourth-order valence-electron chi connectivity index (χ4n) is 2.31. The van der Waals surface area contributed by atoms with Gasteiger partial charge in [0, 0.05) is 23.7 Å². The number of nitrogens with zero attached hydrogens (tertiary/aromatic N) is 1. The average molecular weight is 274 g/mol. The molecular weight excluding hydrogens is 252 g/mol. The van der Waals surface area contributed by atoms with Gasteiger partial charge in [0.25, 0.3) is 0 Å². The molecule has 0 bridgehead atoms. The predicted octanol–water partition coefficient (Wildman–Crippen LogP) is 3.46. The Hall–Kier alpha value is -1.81. The molecular formula is C16H22N2O2. The van der Waals surface area contributed by atoms with Gasteiger partial charge in [-0.2, -0.15) is 0 Å². The normalized spacial score (nSPS) is 12.4. The van der Waals surface area contributed by atoms with Gasteiger partial charge in [-0.05, 0) is 33.8 Å². The first kappa shape index (κ1) is 14.6. The molecule has 0 spiro atoms. The van der Waals surface area contributed by atoms with Crippen LogP contribution in [0.5, 0.6) is 5.75 Å². The summed E-state index contributed by atoms with van der Waals surface area (Å²) in [7, 11) is 1.70. The third kappa shape index (κ3) is 3.02. The lowest BCUT2D eigenvalue weighted by atomic mass is 10.0. The maximum atomic E-state index is 5.44. The highest BCUT2D eigenvalue weighted by Crippen LogP contribution is 2.26. The van der Waals surface area contributed by atoms with E-state index < -0.39 is 0 Å². The van der Waals surface area contributed by atoms with Gasteiger partial charge in [0.05, 0.1) is 12.8 Å². The summed E-state index contributed by atoms with van der Waals surface area (Å²) in [6, 6.07) is 6.42. The monoisotopic (exact) mass is 274 g/mol. The molecule has 0 radical (unpaired) electrons. The van der Waals surface area contributed by atoms with E-state index >= 15 is 0 Å². The SMILES string of the molecule is COc1ccc(C)cc1C(C)NCc1c(C)noc1C. The molecule has 0 aliphatic heterocycles. The van der Waals surface area contributed by atoms with Crippen molar-refractivity contribution >= 4 is 0 Å². The van der Waals surface area contributed by atoms with Crippen molar-refractivity contribution in [2.24, 2.45) is 0 Å². The molecule has 4 nitrogen and oxygen atoms in total. The van der Waals surface area contributed by atoms with Crippen LogP contribution in [0.15, 0.2) is 22.7 Å². The number of rotatable bonds is 5. The zero-order valence-electron chi connectivity index (χ0n) is 12.8. The van der Waals surface area contributed by atoms with Crippen molar-refractivity contribution in [2.75, 3.05) is 7.11 Å². The van der Waals surface area contributed by atoms with Crippen LogP contribution in [0.3, 0.4) is 0 Å². The molecule has 0 saturated carbocycles. The lowest BCUT2D eigenvalue weighted by Gasteiger charge is -2.18. The largest absolute Gasteiger partial charge is 0.496 e. The molecule has 1 aromatic carbocycles. The number of hydrogen-bond donors (Lipinski definition) is 1. The van der Waals surface area contributed by atoms with Crippen LogP contribution in [0.2, 0.25) is 0 Å². The summed E-state index contributed by atoms with van der Waals surface area (Å²) in [6.07, 6.45) is 0. The van der Waals surface area contributed by atoms with Crippen molar-refractivity contribution in [2.45, 2.75) is 40.3 Å². The quantitative estimate of drug-likeness (QED) is 0.907. The number of aromatic nitrogens is 1. The number of ether oxygens (including phenoxy) is 1. The average Bonchev–Trinajstić information content (AvgIpc) is 2.75. The zero-order chi connectivity index (χ0) is 14.7. The highest BCUT2D eigenvalue weighted by atomic mass is 16.5. The van der Waals surface area contributed by atoms with E-state index in [1.807, 2.05) is 19.9 Å². The van der Waals surface area contributed by atoms with Crippen LogP contribution in [0.25, 0.3) is 0 Å². The maximum Gasteiger partial charge on any atom is 0.138 e. The lowest BCUT2D eigenvalue weighted by molar-refractivity contribution is 0.390. The first-order valence-electron chi connectivity index (χ1n) is 6.82. The molecule has 1 atom stereocenters. The van der Waals surface area contributed by atoms with Gasteiger partial charge in [-0.25, -0.2) is 0 Å². The minimum atomic E-state index is 0.193.